The molecule has 0 radical (unpaired) electrons. The van der Waals surface area contributed by atoms with Crippen LogP contribution < -0.4 is 4.68 Å². The van der Waals surface area contributed by atoms with Crippen molar-refractivity contribution in [2.45, 2.75) is 12.1 Å². The Morgan fingerprint density at radius 1 is 1.75 bits per heavy atom. The average Bonchev–Trinajstić information content (AvgIpc) is 2.28. The maximum atomic E-state index is 10.7. The Balaban J connectivity index is 2.68. The number of nitrogens with zero attached hydrogens (tertiary/aromatic N) is 4. The Bertz CT molecular complexity index is 276. The minimum atomic E-state index is 0.154. The molecule has 6 heteroatoms. The summed E-state index contributed by atoms with van der Waals surface area (Å²) in [5, 5.41) is 8.46. The molecule has 0 aliphatic heterocycles. The van der Waals surface area contributed by atoms with E-state index in [2.05, 4.69) is 10.4 Å². The topological polar surface area (TPSA) is 51.7 Å². The third-order valence-corrected chi connectivity index (χ3v) is 2.60. The maximum absolute atomic E-state index is 10.7. The SMILES string of the molecule is CC(=O)CSc1n(C)nn[n+]1C. The van der Waals surface area contributed by atoms with Gasteiger partial charge in [-0.3, -0.25) is 4.79 Å². The van der Waals surface area contributed by atoms with Crippen molar-refractivity contribution < 1.29 is 9.48 Å². The van der Waals surface area contributed by atoms with E-state index in [0.29, 0.717) is 5.75 Å². The number of hydrogen-bond acceptors (Lipinski definition) is 4. The summed E-state index contributed by atoms with van der Waals surface area (Å²) in [5.41, 5.74) is 0. The fourth-order valence-electron chi connectivity index (χ4n) is 0.759. The smallest absolute Gasteiger partial charge is 0.299 e. The zero-order valence-corrected chi connectivity index (χ0v) is 8.13. The number of Topliss-reactive ketones (excluding diaryl/α,β-unsaturated/α-hetero) is 1. The minimum Gasteiger partial charge on any atom is -0.299 e. The van der Waals surface area contributed by atoms with Gasteiger partial charge in [0.1, 0.15) is 11.0 Å². The number of hydrogen-bond donors (Lipinski definition) is 0. The van der Waals surface area contributed by atoms with E-state index in [-0.39, 0.29) is 5.78 Å². The molecule has 1 heterocycles. The summed E-state index contributed by atoms with van der Waals surface area (Å²) in [4.78, 5) is 10.7. The van der Waals surface area contributed by atoms with Gasteiger partial charge in [-0.25, -0.2) is 0 Å². The number of rotatable bonds is 3. The molecule has 66 valence electrons. The minimum absolute atomic E-state index is 0.154. The van der Waals surface area contributed by atoms with Crippen LogP contribution in [0.2, 0.25) is 0 Å². The van der Waals surface area contributed by atoms with Gasteiger partial charge in [0.2, 0.25) is 0 Å². The van der Waals surface area contributed by atoms with Crippen molar-refractivity contribution in [2.24, 2.45) is 14.1 Å². The lowest BCUT2D eigenvalue weighted by Gasteiger charge is -1.91. The quantitative estimate of drug-likeness (QED) is 0.465. The monoisotopic (exact) mass is 187 g/mol. The van der Waals surface area contributed by atoms with Crippen LogP contribution in [0.3, 0.4) is 0 Å². The zero-order chi connectivity index (χ0) is 9.14. The molecule has 12 heavy (non-hydrogen) atoms. The molecular weight excluding hydrogens is 176 g/mol. The van der Waals surface area contributed by atoms with Crippen molar-refractivity contribution in [2.75, 3.05) is 5.75 Å². The standard InChI is InChI=1S/C6H11N4OS/c1-5(11)4-12-6-9(2)7-8-10(6)3/h4H2,1-3H3/q+1. The van der Waals surface area contributed by atoms with Crippen LogP contribution in [0.25, 0.3) is 0 Å². The summed E-state index contributed by atoms with van der Waals surface area (Å²) in [6.07, 6.45) is 0. The van der Waals surface area contributed by atoms with E-state index >= 15 is 0 Å². The fourth-order valence-corrected chi connectivity index (χ4v) is 1.54. The average molecular weight is 187 g/mol. The maximum Gasteiger partial charge on any atom is 0.317 e. The third kappa shape index (κ3) is 2.04. The van der Waals surface area contributed by atoms with Crippen molar-refractivity contribution >= 4 is 17.5 Å². The van der Waals surface area contributed by atoms with Crippen LogP contribution in [0.1, 0.15) is 6.92 Å². The third-order valence-electron chi connectivity index (χ3n) is 1.27. The highest BCUT2D eigenvalue weighted by molar-refractivity contribution is 7.99. The van der Waals surface area contributed by atoms with Gasteiger partial charge in [-0.15, -0.1) is 4.68 Å². The van der Waals surface area contributed by atoms with Gasteiger partial charge >= 0.3 is 5.16 Å². The van der Waals surface area contributed by atoms with Crippen LogP contribution in [0.5, 0.6) is 0 Å². The summed E-state index contributed by atoms with van der Waals surface area (Å²) < 4.78 is 3.29. The van der Waals surface area contributed by atoms with Crippen molar-refractivity contribution in [1.82, 2.24) is 15.1 Å². The van der Waals surface area contributed by atoms with Gasteiger partial charge in [0.05, 0.1) is 19.8 Å². The number of ketones is 1. The van der Waals surface area contributed by atoms with E-state index in [1.165, 1.54) is 11.8 Å². The molecular formula is C6H11N4OS+. The molecule has 5 nitrogen and oxygen atoms in total. The molecule has 1 aromatic rings. The summed E-state index contributed by atoms with van der Waals surface area (Å²) in [6, 6.07) is 0. The molecule has 0 aliphatic carbocycles. The van der Waals surface area contributed by atoms with E-state index in [1.807, 2.05) is 0 Å². The van der Waals surface area contributed by atoms with Crippen LogP contribution in [0, 0.1) is 0 Å². The molecule has 0 saturated heterocycles. The summed E-state index contributed by atoms with van der Waals surface area (Å²) in [5.74, 6) is 0.621. The molecule has 0 spiro atoms. The van der Waals surface area contributed by atoms with Gasteiger partial charge in [0, 0.05) is 0 Å². The van der Waals surface area contributed by atoms with Gasteiger partial charge in [0.25, 0.3) is 0 Å². The summed E-state index contributed by atoms with van der Waals surface area (Å²) in [6.45, 7) is 1.57. The van der Waals surface area contributed by atoms with E-state index in [0.717, 1.165) is 5.16 Å². The molecule has 1 rings (SSSR count). The van der Waals surface area contributed by atoms with Crippen molar-refractivity contribution in [1.29, 1.82) is 0 Å². The van der Waals surface area contributed by atoms with E-state index in [1.54, 1.807) is 30.4 Å². The van der Waals surface area contributed by atoms with Gasteiger partial charge in [-0.1, -0.05) is 4.68 Å². The molecule has 0 unspecified atom stereocenters. The van der Waals surface area contributed by atoms with Gasteiger partial charge in [-0.05, 0) is 18.7 Å². The Labute approximate surface area is 74.7 Å². The molecule has 1 aromatic heterocycles. The second-order valence-corrected chi connectivity index (χ2v) is 3.44. The number of aromatic nitrogens is 4. The molecule has 0 aromatic carbocycles. The van der Waals surface area contributed by atoms with E-state index < -0.39 is 0 Å². The first-order chi connectivity index (χ1) is 5.61. The second-order valence-electron chi connectivity index (χ2n) is 2.50. The van der Waals surface area contributed by atoms with Gasteiger partial charge < -0.3 is 0 Å². The Hall–Kier alpha value is -0.910. The number of carbonyl (C=O) groups is 1. The first-order valence-corrected chi connectivity index (χ1v) is 4.48. The number of aryl methyl sites for hydroxylation is 2. The normalized spacial score (nSPS) is 10.2. The molecule has 0 N–H and O–H groups in total. The van der Waals surface area contributed by atoms with Crippen LogP contribution >= 0.6 is 11.8 Å². The Kier molecular flexibility index (Phi) is 2.80. The predicted octanol–water partition coefficient (Wildman–Crippen LogP) is -0.679. The highest BCUT2D eigenvalue weighted by Crippen LogP contribution is 2.09. The molecule has 0 saturated carbocycles. The highest BCUT2D eigenvalue weighted by atomic mass is 32.2. The summed E-state index contributed by atoms with van der Waals surface area (Å²) in [7, 11) is 3.60. The predicted molar refractivity (Wildman–Crippen MR) is 43.6 cm³/mol. The molecule has 0 fully saturated rings. The van der Waals surface area contributed by atoms with Crippen molar-refractivity contribution in [3.63, 3.8) is 0 Å². The molecule has 0 atom stereocenters. The lowest BCUT2D eigenvalue weighted by molar-refractivity contribution is -0.766. The van der Waals surface area contributed by atoms with Crippen LogP contribution in [-0.2, 0) is 18.9 Å². The second kappa shape index (κ2) is 3.66. The van der Waals surface area contributed by atoms with Crippen LogP contribution in [0.4, 0.5) is 0 Å². The number of tetrazole rings is 1. The van der Waals surface area contributed by atoms with Crippen molar-refractivity contribution in [3.05, 3.63) is 0 Å². The van der Waals surface area contributed by atoms with Crippen LogP contribution in [-0.4, -0.2) is 26.6 Å². The van der Waals surface area contributed by atoms with Gasteiger partial charge in [-0.2, -0.15) is 0 Å². The Morgan fingerprint density at radius 2 is 2.42 bits per heavy atom. The molecule has 0 bridgehead atoms. The summed E-state index contributed by atoms with van der Waals surface area (Å²) >= 11 is 1.44. The first kappa shape index (κ1) is 9.18. The lowest BCUT2D eigenvalue weighted by atomic mass is 10.5. The number of carbonyl (C=O) groups excluding carboxylic acids is 1. The van der Waals surface area contributed by atoms with E-state index in [9.17, 15) is 4.79 Å². The number of thioether (sulfide) groups is 1. The highest BCUT2D eigenvalue weighted by Gasteiger charge is 2.14. The lowest BCUT2D eigenvalue weighted by Crippen LogP contribution is -2.33. The largest absolute Gasteiger partial charge is 0.317 e. The van der Waals surface area contributed by atoms with E-state index in [4.69, 9.17) is 0 Å². The molecule has 0 aliphatic rings. The first-order valence-electron chi connectivity index (χ1n) is 3.49. The fraction of sp³-hybridized carbons (Fsp3) is 0.667. The van der Waals surface area contributed by atoms with Crippen LogP contribution in [0.15, 0.2) is 5.16 Å². The Morgan fingerprint density at radius 3 is 2.83 bits per heavy atom. The van der Waals surface area contributed by atoms with Crippen molar-refractivity contribution in [3.8, 4) is 0 Å². The van der Waals surface area contributed by atoms with Gasteiger partial charge in [0.15, 0.2) is 5.21 Å². The zero-order valence-electron chi connectivity index (χ0n) is 7.31. The molecule has 0 amide bonds.